The Morgan fingerprint density at radius 1 is 0.458 bits per heavy atom. The van der Waals surface area contributed by atoms with Crippen LogP contribution in [0.15, 0.2) is 54.6 Å². The van der Waals surface area contributed by atoms with Crippen LogP contribution in [-0.2, 0) is 0 Å². The van der Waals surface area contributed by atoms with Gasteiger partial charge in [0.05, 0.1) is 15.0 Å². The first-order chi connectivity index (χ1) is 11.6. The fourth-order valence-electron chi connectivity index (χ4n) is 2.58. The Bertz CT molecular complexity index is 869. The van der Waals surface area contributed by atoms with E-state index in [1.165, 1.54) is 0 Å². The molecule has 24 heavy (non-hydrogen) atoms. The van der Waals surface area contributed by atoms with Crippen LogP contribution >= 0.6 is 34.0 Å². The van der Waals surface area contributed by atoms with Crippen molar-refractivity contribution in [3.63, 3.8) is 0 Å². The second-order valence-corrected chi connectivity index (χ2v) is 8.75. The van der Waals surface area contributed by atoms with Crippen molar-refractivity contribution in [2.24, 2.45) is 0 Å². The predicted octanol–water partition coefficient (Wildman–Crippen LogP) is 5.62. The average Bonchev–Trinajstić information content (AvgIpc) is 3.28. The van der Waals surface area contributed by atoms with E-state index in [-0.39, 0.29) is 0 Å². The summed E-state index contributed by atoms with van der Waals surface area (Å²) in [5, 5.41) is 2.45. The van der Waals surface area contributed by atoms with Gasteiger partial charge in [-0.15, -0.1) is 34.0 Å². The highest BCUT2D eigenvalue weighted by molar-refractivity contribution is 7.20. The van der Waals surface area contributed by atoms with Gasteiger partial charge in [-0.2, -0.15) is 0 Å². The molecule has 4 aromatic rings. The summed E-state index contributed by atoms with van der Waals surface area (Å²) in [7, 11) is 0. The zero-order valence-electron chi connectivity index (χ0n) is 12.7. The van der Waals surface area contributed by atoms with Gasteiger partial charge in [0, 0.05) is 14.6 Å². The van der Waals surface area contributed by atoms with E-state index in [1.807, 2.05) is 18.2 Å². The molecule has 3 aromatic heterocycles. The minimum absolute atomic E-state index is 0.817. The smallest absolute Gasteiger partial charge is 0.0862 e. The fourth-order valence-corrected chi connectivity index (χ4v) is 4.86. The van der Waals surface area contributed by atoms with Gasteiger partial charge < -0.3 is 17.2 Å². The molecule has 0 atom stereocenters. The number of thiophene rings is 3. The number of hydrogen-bond donors (Lipinski definition) is 3. The van der Waals surface area contributed by atoms with Crippen LogP contribution in [0.3, 0.4) is 0 Å². The lowest BCUT2D eigenvalue weighted by atomic mass is 10.0. The Kier molecular flexibility index (Phi) is 3.80. The number of nitrogens with two attached hydrogens (primary N) is 3. The molecule has 0 aliphatic carbocycles. The molecule has 0 aliphatic heterocycles. The van der Waals surface area contributed by atoms with Crippen LogP contribution in [0.25, 0.3) is 31.3 Å². The van der Waals surface area contributed by atoms with E-state index in [0.717, 1.165) is 46.3 Å². The van der Waals surface area contributed by atoms with E-state index in [9.17, 15) is 0 Å². The van der Waals surface area contributed by atoms with E-state index in [4.69, 9.17) is 17.2 Å². The SMILES string of the molecule is Nc1ccc(-c2cc(-c3ccc(N)s3)cc(-c3ccc(N)s3)c2)s1. The summed E-state index contributed by atoms with van der Waals surface area (Å²) in [6, 6.07) is 18.6. The maximum absolute atomic E-state index is 5.91. The summed E-state index contributed by atoms with van der Waals surface area (Å²) in [5.41, 5.74) is 21.2. The van der Waals surface area contributed by atoms with Crippen LogP contribution in [0.1, 0.15) is 0 Å². The topological polar surface area (TPSA) is 78.1 Å². The van der Waals surface area contributed by atoms with Gasteiger partial charge in [-0.1, -0.05) is 0 Å². The van der Waals surface area contributed by atoms with Gasteiger partial charge in [0.25, 0.3) is 0 Å². The van der Waals surface area contributed by atoms with Crippen LogP contribution in [0.5, 0.6) is 0 Å². The molecule has 0 saturated heterocycles. The first kappa shape index (κ1) is 15.3. The van der Waals surface area contributed by atoms with Crippen LogP contribution in [-0.4, -0.2) is 0 Å². The van der Waals surface area contributed by atoms with E-state index in [1.54, 1.807) is 34.0 Å². The predicted molar refractivity (Wildman–Crippen MR) is 110 cm³/mol. The van der Waals surface area contributed by atoms with Gasteiger partial charge in [-0.05, 0) is 71.3 Å². The number of benzene rings is 1. The van der Waals surface area contributed by atoms with Crippen LogP contribution in [0.2, 0.25) is 0 Å². The monoisotopic (exact) mass is 369 g/mol. The average molecular weight is 370 g/mol. The molecule has 1 aromatic carbocycles. The minimum Gasteiger partial charge on any atom is -0.391 e. The zero-order valence-corrected chi connectivity index (χ0v) is 15.1. The van der Waals surface area contributed by atoms with E-state index in [0.29, 0.717) is 0 Å². The van der Waals surface area contributed by atoms with Gasteiger partial charge >= 0.3 is 0 Å². The first-order valence-corrected chi connectivity index (χ1v) is 9.75. The van der Waals surface area contributed by atoms with Gasteiger partial charge in [-0.25, -0.2) is 0 Å². The molecule has 0 unspecified atom stereocenters. The summed E-state index contributed by atoms with van der Waals surface area (Å²) in [5.74, 6) is 0. The van der Waals surface area contributed by atoms with Crippen molar-refractivity contribution in [2.75, 3.05) is 17.2 Å². The number of anilines is 3. The Hall–Kier alpha value is -2.28. The molecular weight excluding hydrogens is 354 g/mol. The first-order valence-electron chi connectivity index (χ1n) is 7.30. The zero-order chi connectivity index (χ0) is 16.7. The number of nitrogen functional groups attached to an aromatic ring is 3. The van der Waals surface area contributed by atoms with Crippen molar-refractivity contribution in [1.29, 1.82) is 0 Å². The van der Waals surface area contributed by atoms with Crippen LogP contribution in [0.4, 0.5) is 15.0 Å². The van der Waals surface area contributed by atoms with Crippen LogP contribution in [0, 0.1) is 0 Å². The van der Waals surface area contributed by atoms with Crippen molar-refractivity contribution in [3.8, 4) is 31.3 Å². The van der Waals surface area contributed by atoms with Crippen molar-refractivity contribution in [2.45, 2.75) is 0 Å². The van der Waals surface area contributed by atoms with Crippen molar-refractivity contribution < 1.29 is 0 Å². The largest absolute Gasteiger partial charge is 0.391 e. The lowest BCUT2D eigenvalue weighted by Crippen LogP contribution is -1.81. The fraction of sp³-hybridized carbons (Fsp3) is 0. The molecule has 0 radical (unpaired) electrons. The molecule has 0 saturated carbocycles. The highest BCUT2D eigenvalue weighted by Crippen LogP contribution is 2.40. The molecule has 3 heterocycles. The number of hydrogen-bond acceptors (Lipinski definition) is 6. The van der Waals surface area contributed by atoms with E-state index >= 15 is 0 Å². The maximum atomic E-state index is 5.91. The van der Waals surface area contributed by atoms with Crippen molar-refractivity contribution >= 4 is 49.0 Å². The molecule has 6 N–H and O–H groups in total. The Labute approximate surface area is 152 Å². The molecule has 0 aliphatic rings. The molecule has 0 fully saturated rings. The minimum atomic E-state index is 0.817. The molecule has 0 bridgehead atoms. The summed E-state index contributed by atoms with van der Waals surface area (Å²) >= 11 is 4.78. The summed E-state index contributed by atoms with van der Waals surface area (Å²) in [4.78, 5) is 3.47. The molecule has 3 nitrogen and oxygen atoms in total. The summed E-state index contributed by atoms with van der Waals surface area (Å²) in [6.45, 7) is 0. The molecular formula is C18H15N3S3. The Balaban J connectivity index is 1.90. The highest BCUT2D eigenvalue weighted by Gasteiger charge is 2.11. The van der Waals surface area contributed by atoms with Gasteiger partial charge in [0.2, 0.25) is 0 Å². The molecule has 6 heteroatoms. The standard InChI is InChI=1S/C18H15N3S3/c19-16-4-1-13(22-16)10-7-11(14-2-5-17(20)23-14)9-12(8-10)15-3-6-18(21)24-15/h1-9H,19-21H2. The van der Waals surface area contributed by atoms with Crippen molar-refractivity contribution in [1.82, 2.24) is 0 Å². The Morgan fingerprint density at radius 2 is 0.750 bits per heavy atom. The van der Waals surface area contributed by atoms with Crippen molar-refractivity contribution in [3.05, 3.63) is 54.6 Å². The maximum Gasteiger partial charge on any atom is 0.0862 e. The summed E-state index contributed by atoms with van der Waals surface area (Å²) < 4.78 is 0. The molecule has 120 valence electrons. The summed E-state index contributed by atoms with van der Waals surface area (Å²) in [6.07, 6.45) is 0. The van der Waals surface area contributed by atoms with Gasteiger partial charge in [-0.3, -0.25) is 0 Å². The molecule has 4 rings (SSSR count). The lowest BCUT2D eigenvalue weighted by molar-refractivity contribution is 1.67. The number of rotatable bonds is 3. The Morgan fingerprint density at radius 3 is 0.958 bits per heavy atom. The quantitative estimate of drug-likeness (QED) is 0.438. The third kappa shape index (κ3) is 2.91. The van der Waals surface area contributed by atoms with E-state index < -0.39 is 0 Å². The molecule has 0 spiro atoms. The van der Waals surface area contributed by atoms with Crippen LogP contribution < -0.4 is 17.2 Å². The lowest BCUT2D eigenvalue weighted by Gasteiger charge is -2.07. The second-order valence-electron chi connectivity index (χ2n) is 5.41. The molecule has 0 amide bonds. The second kappa shape index (κ2) is 5.98. The van der Waals surface area contributed by atoms with E-state index in [2.05, 4.69) is 36.4 Å². The third-order valence-corrected chi connectivity index (χ3v) is 6.56. The van der Waals surface area contributed by atoms with Gasteiger partial charge in [0.15, 0.2) is 0 Å². The normalized spacial score (nSPS) is 11.0. The highest BCUT2D eigenvalue weighted by atomic mass is 32.1. The van der Waals surface area contributed by atoms with Gasteiger partial charge in [0.1, 0.15) is 0 Å². The third-order valence-electron chi connectivity index (χ3n) is 3.67.